The third-order valence-electron chi connectivity index (χ3n) is 3.50. The molecule has 0 amide bonds. The zero-order chi connectivity index (χ0) is 14.8. The summed E-state index contributed by atoms with van der Waals surface area (Å²) in [5, 5.41) is 17.8. The Bertz CT molecular complexity index is 662. The molecule has 7 heteroatoms. The van der Waals surface area contributed by atoms with Gasteiger partial charge in [-0.1, -0.05) is 12.1 Å². The van der Waals surface area contributed by atoms with Crippen LogP contribution < -0.4 is 9.64 Å². The summed E-state index contributed by atoms with van der Waals surface area (Å²) in [6.07, 6.45) is 2.08. The number of nitrogens with zero attached hydrogens (tertiary/aromatic N) is 4. The number of aromatic nitrogens is 3. The van der Waals surface area contributed by atoms with E-state index in [1.807, 2.05) is 17.0 Å². The fourth-order valence-corrected chi connectivity index (χ4v) is 2.48. The van der Waals surface area contributed by atoms with Gasteiger partial charge in [0.05, 0.1) is 7.11 Å². The lowest BCUT2D eigenvalue weighted by Gasteiger charge is -2.13. The normalized spacial score (nSPS) is 14.4. The maximum Gasteiger partial charge on any atom is 0.360 e. The van der Waals surface area contributed by atoms with Crippen LogP contribution in [-0.2, 0) is 0 Å². The van der Waals surface area contributed by atoms with Gasteiger partial charge in [0, 0.05) is 13.1 Å². The van der Waals surface area contributed by atoms with Crippen molar-refractivity contribution in [2.75, 3.05) is 25.1 Å². The lowest BCUT2D eigenvalue weighted by Crippen LogP contribution is -2.20. The van der Waals surface area contributed by atoms with Crippen molar-refractivity contribution >= 4 is 11.8 Å². The first-order chi connectivity index (χ1) is 10.2. The van der Waals surface area contributed by atoms with Crippen LogP contribution in [0.4, 0.5) is 5.82 Å². The first-order valence-electron chi connectivity index (χ1n) is 6.79. The fraction of sp³-hybridized carbons (Fsp3) is 0.357. The SMILES string of the molecule is COc1ccccc1-n1nc(C(=O)O)c(N2CCCC2)n1. The van der Waals surface area contributed by atoms with E-state index in [0.717, 1.165) is 25.9 Å². The molecular weight excluding hydrogens is 272 g/mol. The lowest BCUT2D eigenvalue weighted by molar-refractivity contribution is 0.0690. The van der Waals surface area contributed by atoms with Gasteiger partial charge in [0.15, 0.2) is 5.82 Å². The van der Waals surface area contributed by atoms with Crippen molar-refractivity contribution in [1.29, 1.82) is 0 Å². The summed E-state index contributed by atoms with van der Waals surface area (Å²) in [4.78, 5) is 14.7. The van der Waals surface area contributed by atoms with Gasteiger partial charge in [-0.25, -0.2) is 4.79 Å². The van der Waals surface area contributed by atoms with E-state index in [1.165, 1.54) is 4.80 Å². The Morgan fingerprint density at radius 3 is 2.62 bits per heavy atom. The topological polar surface area (TPSA) is 80.5 Å². The molecule has 110 valence electrons. The van der Waals surface area contributed by atoms with Crippen molar-refractivity contribution < 1.29 is 14.6 Å². The maximum atomic E-state index is 11.4. The molecule has 2 heterocycles. The average molecular weight is 288 g/mol. The summed E-state index contributed by atoms with van der Waals surface area (Å²) in [6.45, 7) is 1.62. The minimum Gasteiger partial charge on any atom is -0.494 e. The number of ether oxygens (including phenoxy) is 1. The predicted molar refractivity (Wildman–Crippen MR) is 76.3 cm³/mol. The molecule has 1 aromatic carbocycles. The van der Waals surface area contributed by atoms with Crippen molar-refractivity contribution in [1.82, 2.24) is 15.0 Å². The number of aromatic carboxylic acids is 1. The van der Waals surface area contributed by atoms with Gasteiger partial charge in [0.25, 0.3) is 0 Å². The Hall–Kier alpha value is -2.57. The van der Waals surface area contributed by atoms with Gasteiger partial charge in [-0.05, 0) is 25.0 Å². The van der Waals surface area contributed by atoms with E-state index in [1.54, 1.807) is 19.2 Å². The summed E-state index contributed by atoms with van der Waals surface area (Å²) in [6, 6.07) is 7.25. The number of carbonyl (C=O) groups is 1. The smallest absolute Gasteiger partial charge is 0.360 e. The van der Waals surface area contributed by atoms with Gasteiger partial charge in [-0.15, -0.1) is 15.0 Å². The molecule has 0 atom stereocenters. The quantitative estimate of drug-likeness (QED) is 0.920. The highest BCUT2D eigenvalue weighted by atomic mass is 16.5. The molecular formula is C14H16N4O3. The van der Waals surface area contributed by atoms with Crippen LogP contribution in [0.1, 0.15) is 23.3 Å². The maximum absolute atomic E-state index is 11.4. The number of methoxy groups -OCH3 is 1. The van der Waals surface area contributed by atoms with Crippen LogP contribution in [0.2, 0.25) is 0 Å². The molecule has 7 nitrogen and oxygen atoms in total. The molecule has 1 fully saturated rings. The number of anilines is 1. The summed E-state index contributed by atoms with van der Waals surface area (Å²) in [7, 11) is 1.56. The zero-order valence-electron chi connectivity index (χ0n) is 11.7. The van der Waals surface area contributed by atoms with Gasteiger partial charge in [-0.3, -0.25) is 0 Å². The molecule has 0 aliphatic carbocycles. The van der Waals surface area contributed by atoms with Gasteiger partial charge in [0.1, 0.15) is 11.4 Å². The van der Waals surface area contributed by atoms with Crippen molar-refractivity contribution in [2.45, 2.75) is 12.8 Å². The van der Waals surface area contributed by atoms with Crippen LogP contribution in [0.25, 0.3) is 5.69 Å². The second kappa shape index (κ2) is 5.43. The van der Waals surface area contributed by atoms with Gasteiger partial charge < -0.3 is 14.7 Å². The number of rotatable bonds is 4. The van der Waals surface area contributed by atoms with Gasteiger partial charge >= 0.3 is 5.97 Å². The summed E-state index contributed by atoms with van der Waals surface area (Å²) < 4.78 is 5.27. The van der Waals surface area contributed by atoms with Crippen LogP contribution in [-0.4, -0.2) is 46.3 Å². The van der Waals surface area contributed by atoms with Crippen molar-refractivity contribution in [3.8, 4) is 11.4 Å². The summed E-state index contributed by atoms with van der Waals surface area (Å²) >= 11 is 0. The minimum atomic E-state index is -1.07. The molecule has 0 radical (unpaired) electrons. The number of para-hydroxylation sites is 2. The van der Waals surface area contributed by atoms with Crippen LogP contribution in [0.5, 0.6) is 5.75 Å². The lowest BCUT2D eigenvalue weighted by atomic mass is 10.3. The number of carboxylic acid groups (broad SMARTS) is 1. The highest BCUT2D eigenvalue weighted by Gasteiger charge is 2.26. The molecule has 1 aromatic heterocycles. The van der Waals surface area contributed by atoms with E-state index >= 15 is 0 Å². The van der Waals surface area contributed by atoms with Gasteiger partial charge in [0.2, 0.25) is 5.69 Å². The third kappa shape index (κ3) is 2.42. The Morgan fingerprint density at radius 1 is 1.24 bits per heavy atom. The Kier molecular flexibility index (Phi) is 3.47. The van der Waals surface area contributed by atoms with E-state index in [-0.39, 0.29) is 5.69 Å². The highest BCUT2D eigenvalue weighted by molar-refractivity contribution is 5.91. The van der Waals surface area contributed by atoms with E-state index in [9.17, 15) is 9.90 Å². The van der Waals surface area contributed by atoms with E-state index in [2.05, 4.69) is 10.2 Å². The molecule has 21 heavy (non-hydrogen) atoms. The third-order valence-corrected chi connectivity index (χ3v) is 3.50. The van der Waals surface area contributed by atoms with Crippen molar-refractivity contribution in [3.63, 3.8) is 0 Å². The largest absolute Gasteiger partial charge is 0.494 e. The van der Waals surface area contributed by atoms with E-state index in [4.69, 9.17) is 4.74 Å². The van der Waals surface area contributed by atoms with Gasteiger partial charge in [-0.2, -0.15) is 0 Å². The van der Waals surface area contributed by atoms with Crippen molar-refractivity contribution in [2.24, 2.45) is 0 Å². The summed E-state index contributed by atoms with van der Waals surface area (Å²) in [5.41, 5.74) is 0.593. The molecule has 0 saturated carbocycles. The molecule has 1 saturated heterocycles. The van der Waals surface area contributed by atoms with Crippen LogP contribution in [0.15, 0.2) is 24.3 Å². The molecule has 1 aliphatic rings. The fourth-order valence-electron chi connectivity index (χ4n) is 2.48. The Morgan fingerprint density at radius 2 is 1.95 bits per heavy atom. The number of benzene rings is 1. The molecule has 2 aromatic rings. The van der Waals surface area contributed by atoms with Crippen LogP contribution in [0, 0.1) is 0 Å². The van der Waals surface area contributed by atoms with E-state index < -0.39 is 5.97 Å². The average Bonchev–Trinajstić information content (AvgIpc) is 3.16. The molecule has 0 spiro atoms. The molecule has 1 aliphatic heterocycles. The Labute approximate surface area is 121 Å². The highest BCUT2D eigenvalue weighted by Crippen LogP contribution is 2.25. The second-order valence-corrected chi connectivity index (χ2v) is 4.83. The molecule has 1 N–H and O–H groups in total. The van der Waals surface area contributed by atoms with Crippen molar-refractivity contribution in [3.05, 3.63) is 30.0 Å². The van der Waals surface area contributed by atoms with E-state index in [0.29, 0.717) is 17.3 Å². The van der Waals surface area contributed by atoms with Crippen LogP contribution in [0.3, 0.4) is 0 Å². The molecule has 3 rings (SSSR count). The first-order valence-corrected chi connectivity index (χ1v) is 6.79. The Balaban J connectivity index is 2.07. The second-order valence-electron chi connectivity index (χ2n) is 4.83. The first kappa shape index (κ1) is 13.4. The monoisotopic (exact) mass is 288 g/mol. The zero-order valence-corrected chi connectivity index (χ0v) is 11.7. The molecule has 0 unspecified atom stereocenters. The minimum absolute atomic E-state index is 0.0252. The summed E-state index contributed by atoms with van der Waals surface area (Å²) in [5.74, 6) is -0.0543. The predicted octanol–water partition coefficient (Wildman–Crippen LogP) is 1.57. The standard InChI is InChI=1S/C14H16N4O3/c1-21-11-7-3-2-6-10(11)18-15-12(14(19)20)13(16-18)17-8-4-5-9-17/h2-3,6-7H,4-5,8-9H2,1H3,(H,19,20). The number of hydrogen-bond acceptors (Lipinski definition) is 5. The van der Waals surface area contributed by atoms with Crippen LogP contribution >= 0.6 is 0 Å². The number of carboxylic acids is 1. The number of hydrogen-bond donors (Lipinski definition) is 1. The molecule has 0 bridgehead atoms.